The number of nitrogens with zero attached hydrogens (tertiary/aromatic N) is 3. The van der Waals surface area contributed by atoms with Gasteiger partial charge in [-0.2, -0.15) is 0 Å². The predicted molar refractivity (Wildman–Crippen MR) is 63.5 cm³/mol. The Hall–Kier alpha value is -2.01. The summed E-state index contributed by atoms with van der Waals surface area (Å²) >= 11 is 0. The SMILES string of the molecule is CC(=O)N(c1ccccc1)C1(N)N=CC=N1. The van der Waals surface area contributed by atoms with Crippen molar-refractivity contribution in [3.8, 4) is 0 Å². The molecule has 16 heavy (non-hydrogen) atoms. The molecule has 0 saturated heterocycles. The van der Waals surface area contributed by atoms with Crippen LogP contribution in [0.2, 0.25) is 0 Å². The van der Waals surface area contributed by atoms with Crippen LogP contribution in [-0.4, -0.2) is 24.2 Å². The Labute approximate surface area is 93.3 Å². The molecule has 1 aromatic carbocycles. The van der Waals surface area contributed by atoms with Crippen molar-refractivity contribution in [1.29, 1.82) is 0 Å². The fraction of sp³-hybridized carbons (Fsp3) is 0.182. The second kappa shape index (κ2) is 3.86. The van der Waals surface area contributed by atoms with Gasteiger partial charge in [0.2, 0.25) is 5.91 Å². The fourth-order valence-electron chi connectivity index (χ4n) is 1.62. The second-order valence-corrected chi connectivity index (χ2v) is 3.43. The molecule has 0 aliphatic carbocycles. The number of rotatable bonds is 2. The lowest BCUT2D eigenvalue weighted by atomic mass is 10.2. The summed E-state index contributed by atoms with van der Waals surface area (Å²) in [6, 6.07) is 9.11. The summed E-state index contributed by atoms with van der Waals surface area (Å²) in [4.78, 5) is 21.0. The van der Waals surface area contributed by atoms with Gasteiger partial charge >= 0.3 is 0 Å². The molecular formula is C11H12N4O. The van der Waals surface area contributed by atoms with Gasteiger partial charge in [-0.3, -0.25) is 15.4 Å². The van der Waals surface area contributed by atoms with Crippen LogP contribution in [0.4, 0.5) is 5.69 Å². The van der Waals surface area contributed by atoms with Gasteiger partial charge in [0.15, 0.2) is 0 Å². The molecule has 1 aliphatic heterocycles. The van der Waals surface area contributed by atoms with Crippen LogP contribution in [-0.2, 0) is 4.79 Å². The van der Waals surface area contributed by atoms with Crippen molar-refractivity contribution in [3.05, 3.63) is 30.3 Å². The smallest absolute Gasteiger partial charge is 0.275 e. The average molecular weight is 216 g/mol. The van der Waals surface area contributed by atoms with E-state index < -0.39 is 5.91 Å². The molecule has 0 saturated carbocycles. The van der Waals surface area contributed by atoms with Gasteiger partial charge in [0, 0.05) is 25.0 Å². The summed E-state index contributed by atoms with van der Waals surface area (Å²) in [5, 5.41) is 0. The van der Waals surface area contributed by atoms with E-state index in [-0.39, 0.29) is 5.91 Å². The number of para-hydroxylation sites is 1. The molecule has 0 spiro atoms. The number of amides is 1. The maximum atomic E-state index is 11.6. The van der Waals surface area contributed by atoms with E-state index in [1.807, 2.05) is 18.2 Å². The van der Waals surface area contributed by atoms with E-state index in [2.05, 4.69) is 9.98 Å². The van der Waals surface area contributed by atoms with Gasteiger partial charge in [0.05, 0.1) is 0 Å². The van der Waals surface area contributed by atoms with Crippen molar-refractivity contribution < 1.29 is 4.79 Å². The number of benzene rings is 1. The summed E-state index contributed by atoms with van der Waals surface area (Å²) in [7, 11) is 0. The van der Waals surface area contributed by atoms with Crippen molar-refractivity contribution in [1.82, 2.24) is 0 Å². The zero-order chi connectivity index (χ0) is 11.6. The van der Waals surface area contributed by atoms with Gasteiger partial charge in [-0.15, -0.1) is 0 Å². The number of nitrogens with two attached hydrogens (primary N) is 1. The first-order valence-electron chi connectivity index (χ1n) is 4.87. The lowest BCUT2D eigenvalue weighted by Crippen LogP contribution is -2.54. The molecule has 1 amide bonds. The van der Waals surface area contributed by atoms with E-state index in [4.69, 9.17) is 5.73 Å². The van der Waals surface area contributed by atoms with E-state index in [1.165, 1.54) is 24.3 Å². The van der Waals surface area contributed by atoms with Gasteiger partial charge < -0.3 is 0 Å². The Balaban J connectivity index is 2.43. The van der Waals surface area contributed by atoms with Crippen molar-refractivity contribution in [2.24, 2.45) is 15.7 Å². The molecule has 5 heteroatoms. The first-order chi connectivity index (χ1) is 7.63. The molecule has 1 aliphatic rings. The largest absolute Gasteiger partial charge is 0.292 e. The minimum atomic E-state index is -1.34. The van der Waals surface area contributed by atoms with Crippen LogP contribution in [0, 0.1) is 0 Å². The molecule has 2 rings (SSSR count). The number of carbonyl (C=O) groups is 1. The van der Waals surface area contributed by atoms with Crippen molar-refractivity contribution >= 4 is 24.0 Å². The van der Waals surface area contributed by atoms with Crippen LogP contribution in [0.3, 0.4) is 0 Å². The number of anilines is 1. The molecule has 5 nitrogen and oxygen atoms in total. The summed E-state index contributed by atoms with van der Waals surface area (Å²) in [6.07, 6.45) is 2.97. The molecule has 0 atom stereocenters. The predicted octanol–water partition coefficient (Wildman–Crippen LogP) is 0.765. The van der Waals surface area contributed by atoms with Gasteiger partial charge in [0.25, 0.3) is 5.91 Å². The van der Waals surface area contributed by atoms with Crippen LogP contribution in [0.15, 0.2) is 40.3 Å². The molecule has 0 aromatic heterocycles. The molecule has 0 unspecified atom stereocenters. The monoisotopic (exact) mass is 216 g/mol. The molecule has 1 aromatic rings. The lowest BCUT2D eigenvalue weighted by molar-refractivity contribution is -0.117. The third kappa shape index (κ3) is 1.72. The number of carbonyl (C=O) groups excluding carboxylic acids is 1. The normalized spacial score (nSPS) is 16.4. The molecule has 0 radical (unpaired) electrons. The zero-order valence-electron chi connectivity index (χ0n) is 8.87. The minimum Gasteiger partial charge on any atom is -0.275 e. The van der Waals surface area contributed by atoms with Gasteiger partial charge in [-0.25, -0.2) is 9.98 Å². The van der Waals surface area contributed by atoms with Crippen molar-refractivity contribution in [2.75, 3.05) is 4.90 Å². The van der Waals surface area contributed by atoms with Crippen molar-refractivity contribution in [2.45, 2.75) is 12.8 Å². The summed E-state index contributed by atoms with van der Waals surface area (Å²) in [5.74, 6) is -1.54. The minimum absolute atomic E-state index is 0.204. The first kappa shape index (κ1) is 10.5. The third-order valence-electron chi connectivity index (χ3n) is 2.25. The molecule has 2 N–H and O–H groups in total. The van der Waals surface area contributed by atoms with Gasteiger partial charge in [-0.1, -0.05) is 18.2 Å². The van der Waals surface area contributed by atoms with E-state index >= 15 is 0 Å². The molecular weight excluding hydrogens is 204 g/mol. The highest BCUT2D eigenvalue weighted by atomic mass is 16.2. The second-order valence-electron chi connectivity index (χ2n) is 3.43. The quantitative estimate of drug-likeness (QED) is 0.741. The van der Waals surface area contributed by atoms with E-state index in [9.17, 15) is 4.79 Å². The van der Waals surface area contributed by atoms with Gasteiger partial charge in [0.1, 0.15) is 0 Å². The van der Waals surface area contributed by atoms with Crippen LogP contribution in [0.1, 0.15) is 6.92 Å². The molecule has 82 valence electrons. The van der Waals surface area contributed by atoms with Crippen molar-refractivity contribution in [3.63, 3.8) is 0 Å². The topological polar surface area (TPSA) is 71.0 Å². The van der Waals surface area contributed by atoms with E-state index in [0.717, 1.165) is 0 Å². The van der Waals surface area contributed by atoms with E-state index in [1.54, 1.807) is 12.1 Å². The van der Waals surface area contributed by atoms with Crippen LogP contribution >= 0.6 is 0 Å². The first-order valence-corrected chi connectivity index (χ1v) is 4.87. The molecule has 0 bridgehead atoms. The Kier molecular flexibility index (Phi) is 2.54. The molecule has 0 fully saturated rings. The fourth-order valence-corrected chi connectivity index (χ4v) is 1.62. The van der Waals surface area contributed by atoms with Crippen LogP contribution < -0.4 is 10.6 Å². The van der Waals surface area contributed by atoms with Crippen LogP contribution in [0.5, 0.6) is 0 Å². The zero-order valence-corrected chi connectivity index (χ0v) is 8.87. The van der Waals surface area contributed by atoms with Crippen LogP contribution in [0.25, 0.3) is 0 Å². The Bertz CT molecular complexity index is 440. The highest BCUT2D eigenvalue weighted by Crippen LogP contribution is 2.24. The number of aliphatic imine (C=N–C) groups is 2. The Morgan fingerprint density at radius 3 is 2.31 bits per heavy atom. The lowest BCUT2D eigenvalue weighted by Gasteiger charge is -2.31. The Morgan fingerprint density at radius 2 is 1.81 bits per heavy atom. The van der Waals surface area contributed by atoms with E-state index in [0.29, 0.717) is 5.69 Å². The summed E-state index contributed by atoms with van der Waals surface area (Å²) in [6.45, 7) is 1.44. The summed E-state index contributed by atoms with van der Waals surface area (Å²) in [5.41, 5.74) is 6.62. The summed E-state index contributed by atoms with van der Waals surface area (Å²) < 4.78 is 0. The standard InChI is InChI=1S/C11H12N4O/c1-9(16)15(10-5-3-2-4-6-10)11(12)13-7-8-14-11/h2-8H,12H2,1H3. The highest BCUT2D eigenvalue weighted by Gasteiger charge is 2.35. The maximum absolute atomic E-state index is 11.6. The maximum Gasteiger partial charge on any atom is 0.292 e. The number of hydrogen-bond donors (Lipinski definition) is 1. The number of hydrogen-bond acceptors (Lipinski definition) is 4. The average Bonchev–Trinajstić information content (AvgIpc) is 2.67. The van der Waals surface area contributed by atoms with Gasteiger partial charge in [-0.05, 0) is 12.1 Å². The third-order valence-corrected chi connectivity index (χ3v) is 2.25. The highest BCUT2D eigenvalue weighted by molar-refractivity contribution is 6.18. The Morgan fingerprint density at radius 1 is 1.25 bits per heavy atom. The molecule has 1 heterocycles.